The van der Waals surface area contributed by atoms with E-state index >= 15 is 0 Å². The SMILES string of the molecule is CC(C)(CNC(=O)NC[C@H]1CCN(c2ccccc2)C1)N1CCCCC1. The van der Waals surface area contributed by atoms with Gasteiger partial charge in [0.2, 0.25) is 0 Å². The van der Waals surface area contributed by atoms with Gasteiger partial charge in [-0.3, -0.25) is 4.90 Å². The molecule has 1 atom stereocenters. The van der Waals surface area contributed by atoms with Gasteiger partial charge in [-0.15, -0.1) is 0 Å². The molecule has 144 valence electrons. The van der Waals surface area contributed by atoms with Crippen LogP contribution >= 0.6 is 0 Å². The Balaban J connectivity index is 1.36. The number of hydrogen-bond donors (Lipinski definition) is 2. The number of rotatable bonds is 6. The van der Waals surface area contributed by atoms with E-state index in [1.165, 1.54) is 24.9 Å². The normalized spacial score (nSPS) is 21.6. The fourth-order valence-corrected chi connectivity index (χ4v) is 4.08. The summed E-state index contributed by atoms with van der Waals surface area (Å²) < 4.78 is 0. The van der Waals surface area contributed by atoms with E-state index in [1.54, 1.807) is 0 Å². The summed E-state index contributed by atoms with van der Waals surface area (Å²) in [5, 5.41) is 6.16. The number of amides is 2. The number of anilines is 1. The third-order valence-corrected chi connectivity index (χ3v) is 5.85. The number of benzene rings is 1. The van der Waals surface area contributed by atoms with E-state index in [0.717, 1.165) is 39.1 Å². The monoisotopic (exact) mass is 358 g/mol. The van der Waals surface area contributed by atoms with Crippen molar-refractivity contribution in [3.05, 3.63) is 30.3 Å². The Morgan fingerprint density at radius 1 is 1.08 bits per heavy atom. The van der Waals surface area contributed by atoms with Crippen molar-refractivity contribution in [3.63, 3.8) is 0 Å². The van der Waals surface area contributed by atoms with E-state index in [4.69, 9.17) is 0 Å². The second-order valence-corrected chi connectivity index (χ2v) is 8.36. The van der Waals surface area contributed by atoms with Crippen molar-refractivity contribution in [3.8, 4) is 0 Å². The topological polar surface area (TPSA) is 47.6 Å². The number of likely N-dealkylation sites (tertiary alicyclic amines) is 1. The van der Waals surface area contributed by atoms with Crippen LogP contribution in [0.3, 0.4) is 0 Å². The molecule has 2 saturated heterocycles. The Hall–Kier alpha value is -1.75. The molecule has 0 aliphatic carbocycles. The summed E-state index contributed by atoms with van der Waals surface area (Å²) in [6.45, 7) is 10.3. The molecule has 0 aromatic heterocycles. The fourth-order valence-electron chi connectivity index (χ4n) is 4.08. The Kier molecular flexibility index (Phi) is 6.41. The number of nitrogens with zero attached hydrogens (tertiary/aromatic N) is 2. The lowest BCUT2D eigenvalue weighted by atomic mass is 9.98. The van der Waals surface area contributed by atoms with Gasteiger partial charge in [0.1, 0.15) is 0 Å². The smallest absolute Gasteiger partial charge is 0.314 e. The highest BCUT2D eigenvalue weighted by molar-refractivity contribution is 5.73. The molecule has 1 aromatic rings. The van der Waals surface area contributed by atoms with Gasteiger partial charge < -0.3 is 15.5 Å². The van der Waals surface area contributed by atoms with Gasteiger partial charge in [0.15, 0.2) is 0 Å². The number of piperidine rings is 1. The molecule has 3 rings (SSSR count). The van der Waals surface area contributed by atoms with Crippen LogP contribution in [0.1, 0.15) is 39.5 Å². The molecule has 0 radical (unpaired) electrons. The highest BCUT2D eigenvalue weighted by Gasteiger charge is 2.28. The lowest BCUT2D eigenvalue weighted by molar-refractivity contribution is 0.0960. The molecule has 2 amide bonds. The third-order valence-electron chi connectivity index (χ3n) is 5.85. The first-order chi connectivity index (χ1) is 12.5. The van der Waals surface area contributed by atoms with Gasteiger partial charge in [0.25, 0.3) is 0 Å². The van der Waals surface area contributed by atoms with Gasteiger partial charge in [-0.25, -0.2) is 4.79 Å². The van der Waals surface area contributed by atoms with Crippen molar-refractivity contribution < 1.29 is 4.79 Å². The molecule has 0 saturated carbocycles. The summed E-state index contributed by atoms with van der Waals surface area (Å²) in [7, 11) is 0. The van der Waals surface area contributed by atoms with Crippen LogP contribution in [0.15, 0.2) is 30.3 Å². The minimum Gasteiger partial charge on any atom is -0.371 e. The summed E-state index contributed by atoms with van der Waals surface area (Å²) in [5.41, 5.74) is 1.30. The fraction of sp³-hybridized carbons (Fsp3) is 0.667. The highest BCUT2D eigenvalue weighted by atomic mass is 16.2. The first kappa shape index (κ1) is 19.0. The van der Waals surface area contributed by atoms with E-state index in [-0.39, 0.29) is 11.6 Å². The summed E-state index contributed by atoms with van der Waals surface area (Å²) in [6.07, 6.45) is 5.01. The minimum atomic E-state index is -0.0340. The van der Waals surface area contributed by atoms with Crippen molar-refractivity contribution >= 4 is 11.7 Å². The standard InChI is InChI=1S/C21H34N4O/c1-21(2,25-12-7-4-8-13-25)17-23-20(26)22-15-18-11-14-24(16-18)19-9-5-3-6-10-19/h3,5-6,9-10,18H,4,7-8,11-17H2,1-2H3,(H2,22,23,26)/t18-/m1/s1. The lowest BCUT2D eigenvalue weighted by Gasteiger charge is -2.41. The average molecular weight is 359 g/mol. The maximum absolute atomic E-state index is 12.2. The zero-order valence-electron chi connectivity index (χ0n) is 16.3. The van der Waals surface area contributed by atoms with Crippen molar-refractivity contribution in [2.75, 3.05) is 44.2 Å². The van der Waals surface area contributed by atoms with Crippen LogP contribution in [0.5, 0.6) is 0 Å². The van der Waals surface area contributed by atoms with Gasteiger partial charge in [-0.05, 0) is 64.3 Å². The van der Waals surface area contributed by atoms with E-state index < -0.39 is 0 Å². The molecule has 2 heterocycles. The summed E-state index contributed by atoms with van der Waals surface area (Å²) >= 11 is 0. The van der Waals surface area contributed by atoms with E-state index in [9.17, 15) is 4.79 Å². The van der Waals surface area contributed by atoms with Crippen molar-refractivity contribution in [2.24, 2.45) is 5.92 Å². The molecular weight excluding hydrogens is 324 g/mol. The zero-order chi connectivity index (χ0) is 18.4. The average Bonchev–Trinajstić information content (AvgIpc) is 3.15. The third kappa shape index (κ3) is 5.13. The first-order valence-corrected chi connectivity index (χ1v) is 10.1. The lowest BCUT2D eigenvalue weighted by Crippen LogP contribution is -2.54. The molecule has 5 nitrogen and oxygen atoms in total. The molecule has 26 heavy (non-hydrogen) atoms. The summed E-state index contributed by atoms with van der Waals surface area (Å²) in [4.78, 5) is 17.1. The minimum absolute atomic E-state index is 0.0230. The van der Waals surface area contributed by atoms with Crippen molar-refractivity contribution in [2.45, 2.75) is 45.1 Å². The number of hydrogen-bond acceptors (Lipinski definition) is 3. The number of urea groups is 1. The molecule has 2 aliphatic heterocycles. The maximum atomic E-state index is 12.2. The molecule has 2 fully saturated rings. The van der Waals surface area contributed by atoms with Crippen LogP contribution < -0.4 is 15.5 Å². The molecular formula is C21H34N4O. The second-order valence-electron chi connectivity index (χ2n) is 8.36. The molecule has 5 heteroatoms. The predicted octanol–water partition coefficient (Wildman–Crippen LogP) is 3.08. The van der Waals surface area contributed by atoms with E-state index in [2.05, 4.69) is 58.5 Å². The number of nitrogens with one attached hydrogen (secondary N) is 2. The predicted molar refractivity (Wildman–Crippen MR) is 108 cm³/mol. The molecule has 0 spiro atoms. The molecule has 2 N–H and O–H groups in total. The number of para-hydroxylation sites is 1. The van der Waals surface area contributed by atoms with Crippen LogP contribution in [0.25, 0.3) is 0 Å². The Bertz CT molecular complexity index is 569. The largest absolute Gasteiger partial charge is 0.371 e. The van der Waals surface area contributed by atoms with Crippen LogP contribution in [-0.4, -0.2) is 55.7 Å². The van der Waals surface area contributed by atoms with Gasteiger partial charge in [-0.1, -0.05) is 24.6 Å². The first-order valence-electron chi connectivity index (χ1n) is 10.1. The summed E-state index contributed by atoms with van der Waals surface area (Å²) in [6, 6.07) is 10.5. The van der Waals surface area contributed by atoms with Crippen LogP contribution in [0, 0.1) is 5.92 Å². The molecule has 2 aliphatic rings. The summed E-state index contributed by atoms with van der Waals surface area (Å²) in [5.74, 6) is 0.524. The molecule has 1 aromatic carbocycles. The van der Waals surface area contributed by atoms with E-state index in [1.807, 2.05) is 6.07 Å². The highest BCUT2D eigenvalue weighted by Crippen LogP contribution is 2.23. The molecule has 0 bridgehead atoms. The second kappa shape index (κ2) is 8.76. The Morgan fingerprint density at radius 3 is 2.54 bits per heavy atom. The van der Waals surface area contributed by atoms with Crippen LogP contribution in [-0.2, 0) is 0 Å². The zero-order valence-corrected chi connectivity index (χ0v) is 16.3. The maximum Gasteiger partial charge on any atom is 0.314 e. The van der Waals surface area contributed by atoms with Gasteiger partial charge in [-0.2, -0.15) is 0 Å². The quantitative estimate of drug-likeness (QED) is 0.822. The van der Waals surface area contributed by atoms with Crippen LogP contribution in [0.4, 0.5) is 10.5 Å². The van der Waals surface area contributed by atoms with Crippen molar-refractivity contribution in [1.82, 2.24) is 15.5 Å². The number of carbonyl (C=O) groups is 1. The Labute approximate surface area is 158 Å². The van der Waals surface area contributed by atoms with Crippen LogP contribution in [0.2, 0.25) is 0 Å². The van der Waals surface area contributed by atoms with E-state index in [0.29, 0.717) is 12.5 Å². The van der Waals surface area contributed by atoms with Gasteiger partial charge >= 0.3 is 6.03 Å². The molecule has 0 unspecified atom stereocenters. The number of carbonyl (C=O) groups excluding carboxylic acids is 1. The van der Waals surface area contributed by atoms with Gasteiger partial charge in [0.05, 0.1) is 0 Å². The van der Waals surface area contributed by atoms with Gasteiger partial charge in [0, 0.05) is 37.4 Å². The Morgan fingerprint density at radius 2 is 1.81 bits per heavy atom. The van der Waals surface area contributed by atoms with Crippen molar-refractivity contribution in [1.29, 1.82) is 0 Å².